The Bertz CT molecular complexity index is 1500. The molecule has 6 nitrogen and oxygen atoms in total. The van der Waals surface area contributed by atoms with Gasteiger partial charge >= 0.3 is 5.97 Å². The highest BCUT2D eigenvalue weighted by molar-refractivity contribution is 5.94. The van der Waals surface area contributed by atoms with Crippen LogP contribution >= 0.6 is 0 Å². The number of nitrogens with zero attached hydrogens (tertiary/aromatic N) is 2. The monoisotopic (exact) mass is 690 g/mol. The molecule has 4 saturated carbocycles. The number of amides is 1. The average Bonchev–Trinajstić information content (AvgIpc) is 3.09. The quantitative estimate of drug-likeness (QED) is 0.250. The molecule has 7 rings (SSSR count). The minimum atomic E-state index is -0.460. The van der Waals surface area contributed by atoms with Crippen LogP contribution in [0.15, 0.2) is 35.9 Å². The first-order valence-electron chi connectivity index (χ1n) is 19.9. The van der Waals surface area contributed by atoms with Gasteiger partial charge < -0.3 is 14.7 Å². The second-order valence-corrected chi connectivity index (χ2v) is 19.0. The molecule has 0 aromatic heterocycles. The van der Waals surface area contributed by atoms with Gasteiger partial charge in [0.05, 0.1) is 11.5 Å². The number of hydrogen-bond acceptors (Lipinski definition) is 5. The molecule has 7 heteroatoms. The first-order valence-corrected chi connectivity index (χ1v) is 19.9. The smallest absolute Gasteiger partial charge is 0.312 e. The van der Waals surface area contributed by atoms with E-state index in [4.69, 9.17) is 4.74 Å². The van der Waals surface area contributed by atoms with Gasteiger partial charge in [-0.25, -0.2) is 4.39 Å². The summed E-state index contributed by atoms with van der Waals surface area (Å²) in [5.41, 5.74) is 1.98. The number of carbonyl (C=O) groups is 2. The summed E-state index contributed by atoms with van der Waals surface area (Å²) in [5, 5.41) is 11.1. The van der Waals surface area contributed by atoms with Crippen LogP contribution in [-0.2, 0) is 9.53 Å². The lowest BCUT2D eigenvalue weighted by Crippen LogP contribution is -2.65. The van der Waals surface area contributed by atoms with Crippen LogP contribution in [0.3, 0.4) is 0 Å². The standard InChI is InChI=1S/C43H63FN2O4/c1-28-14-19-43(38(49)50-27-26-45-22-24-46(25-23-45)37(48)30-8-10-31(44)11-9-30)21-20-41(6)32(36(43)29(28)2)12-13-34-40(5)17-16-35(47)39(3,4)33(40)15-18-42(34,41)7/h8-12,28-29,33-36,47H,13-27H2,1-7H3. The van der Waals surface area contributed by atoms with Crippen molar-refractivity contribution in [2.24, 2.45) is 56.7 Å². The van der Waals surface area contributed by atoms with Crippen molar-refractivity contribution < 1.29 is 23.8 Å². The summed E-state index contributed by atoms with van der Waals surface area (Å²) in [6.07, 6.45) is 11.8. The Kier molecular flexibility index (Phi) is 9.18. The Balaban J connectivity index is 1.05. The SMILES string of the molecule is CC1CCC2(C(=O)OCCN3CCN(C(=O)c4ccc(F)cc4)CC3)CCC3(C)C(=CCC4C5(C)CCC(O)C(C)(C)C5CCC43C)C2C1C. The molecular weight excluding hydrogens is 627 g/mol. The van der Waals surface area contributed by atoms with E-state index in [0.29, 0.717) is 55.5 Å². The van der Waals surface area contributed by atoms with E-state index in [0.717, 1.165) is 58.0 Å². The molecule has 1 aliphatic heterocycles. The zero-order chi connectivity index (χ0) is 35.9. The molecule has 10 atom stereocenters. The van der Waals surface area contributed by atoms with Gasteiger partial charge in [-0.15, -0.1) is 0 Å². The van der Waals surface area contributed by atoms with Gasteiger partial charge in [0, 0.05) is 38.3 Å². The first kappa shape index (κ1) is 36.1. The first-order chi connectivity index (χ1) is 23.6. The van der Waals surface area contributed by atoms with Gasteiger partial charge in [0.1, 0.15) is 12.4 Å². The molecule has 1 heterocycles. The molecule has 276 valence electrons. The summed E-state index contributed by atoms with van der Waals surface area (Å²) in [6.45, 7) is 20.9. The number of carbonyl (C=O) groups excluding carboxylic acids is 2. The maximum Gasteiger partial charge on any atom is 0.312 e. The summed E-state index contributed by atoms with van der Waals surface area (Å²) < 4.78 is 19.6. The largest absolute Gasteiger partial charge is 0.464 e. The van der Waals surface area contributed by atoms with Crippen molar-refractivity contribution in [2.75, 3.05) is 39.3 Å². The number of ether oxygens (including phenoxy) is 1. The third-order valence-corrected chi connectivity index (χ3v) is 16.8. The van der Waals surface area contributed by atoms with E-state index < -0.39 is 5.41 Å². The van der Waals surface area contributed by atoms with Crippen LogP contribution in [0.5, 0.6) is 0 Å². The maximum absolute atomic E-state index is 14.5. The molecule has 6 aliphatic rings. The second kappa shape index (κ2) is 12.7. The van der Waals surface area contributed by atoms with Crippen molar-refractivity contribution in [3.8, 4) is 0 Å². The van der Waals surface area contributed by atoms with Crippen LogP contribution in [0.2, 0.25) is 0 Å². The van der Waals surface area contributed by atoms with Crippen LogP contribution in [0.4, 0.5) is 4.39 Å². The Morgan fingerprint density at radius 1 is 0.880 bits per heavy atom. The Hall–Kier alpha value is -2.25. The van der Waals surface area contributed by atoms with Crippen LogP contribution in [0.1, 0.15) is 117 Å². The third kappa shape index (κ3) is 5.36. The zero-order valence-electron chi connectivity index (χ0n) is 31.9. The van der Waals surface area contributed by atoms with Gasteiger partial charge in [0.15, 0.2) is 0 Å². The molecule has 1 saturated heterocycles. The minimum Gasteiger partial charge on any atom is -0.464 e. The van der Waals surface area contributed by atoms with Crippen LogP contribution < -0.4 is 0 Å². The van der Waals surface area contributed by atoms with Crippen LogP contribution in [-0.4, -0.2) is 72.2 Å². The van der Waals surface area contributed by atoms with Crippen LogP contribution in [0, 0.1) is 62.5 Å². The van der Waals surface area contributed by atoms with Gasteiger partial charge in [-0.3, -0.25) is 14.5 Å². The van der Waals surface area contributed by atoms with E-state index in [1.165, 1.54) is 25.0 Å². The Morgan fingerprint density at radius 3 is 2.28 bits per heavy atom. The average molecular weight is 691 g/mol. The molecule has 50 heavy (non-hydrogen) atoms. The molecule has 1 amide bonds. The van der Waals surface area contributed by atoms with Crippen molar-refractivity contribution in [2.45, 2.75) is 112 Å². The fourth-order valence-corrected chi connectivity index (χ4v) is 13.2. The Morgan fingerprint density at radius 2 is 1.58 bits per heavy atom. The minimum absolute atomic E-state index is 0.0142. The number of aliphatic hydroxyl groups is 1. The molecule has 1 aromatic rings. The number of fused-ring (bicyclic) bond motifs is 7. The molecule has 1 N–H and O–H groups in total. The zero-order valence-corrected chi connectivity index (χ0v) is 31.9. The predicted molar refractivity (Wildman–Crippen MR) is 195 cm³/mol. The highest BCUT2D eigenvalue weighted by Crippen LogP contribution is 2.75. The predicted octanol–water partition coefficient (Wildman–Crippen LogP) is 8.15. The lowest BCUT2D eigenvalue weighted by molar-refractivity contribution is -0.207. The Labute approximate surface area is 300 Å². The molecule has 0 spiro atoms. The topological polar surface area (TPSA) is 70.1 Å². The highest BCUT2D eigenvalue weighted by atomic mass is 19.1. The molecule has 0 bridgehead atoms. The highest BCUT2D eigenvalue weighted by Gasteiger charge is 2.69. The number of halogens is 1. The molecule has 10 unspecified atom stereocenters. The van der Waals surface area contributed by atoms with Crippen molar-refractivity contribution in [1.82, 2.24) is 9.80 Å². The van der Waals surface area contributed by atoms with E-state index in [9.17, 15) is 19.1 Å². The van der Waals surface area contributed by atoms with E-state index >= 15 is 0 Å². The summed E-state index contributed by atoms with van der Waals surface area (Å²) in [6, 6.07) is 5.76. The summed E-state index contributed by atoms with van der Waals surface area (Å²) in [4.78, 5) is 31.5. The van der Waals surface area contributed by atoms with Crippen molar-refractivity contribution in [3.05, 3.63) is 47.3 Å². The van der Waals surface area contributed by atoms with Gasteiger partial charge in [-0.05, 0) is 133 Å². The molecular formula is C43H63FN2O4. The van der Waals surface area contributed by atoms with Crippen molar-refractivity contribution in [3.63, 3.8) is 0 Å². The van der Waals surface area contributed by atoms with Crippen LogP contribution in [0.25, 0.3) is 0 Å². The number of rotatable bonds is 5. The fraction of sp³-hybridized carbons (Fsp3) is 0.767. The van der Waals surface area contributed by atoms with Crippen molar-refractivity contribution in [1.29, 1.82) is 0 Å². The normalized spacial score (nSPS) is 42.7. The second-order valence-electron chi connectivity index (χ2n) is 19.0. The summed E-state index contributed by atoms with van der Waals surface area (Å²) in [5.74, 6) is 1.92. The van der Waals surface area contributed by atoms with E-state index in [-0.39, 0.29) is 51.4 Å². The number of aliphatic hydroxyl groups excluding tert-OH is 1. The van der Waals surface area contributed by atoms with Gasteiger partial charge in [-0.1, -0.05) is 60.1 Å². The van der Waals surface area contributed by atoms with E-state index in [2.05, 4.69) is 59.4 Å². The molecule has 1 aromatic carbocycles. The van der Waals surface area contributed by atoms with Gasteiger partial charge in [0.25, 0.3) is 5.91 Å². The van der Waals surface area contributed by atoms with Gasteiger partial charge in [-0.2, -0.15) is 0 Å². The summed E-state index contributed by atoms with van der Waals surface area (Å²) >= 11 is 0. The number of piperazine rings is 1. The molecule has 5 fully saturated rings. The molecule has 0 radical (unpaired) electrons. The third-order valence-electron chi connectivity index (χ3n) is 16.8. The summed E-state index contributed by atoms with van der Waals surface area (Å²) in [7, 11) is 0. The lowest BCUT2D eigenvalue weighted by atomic mass is 9.33. The maximum atomic E-state index is 14.5. The lowest BCUT2D eigenvalue weighted by Gasteiger charge is -2.71. The fourth-order valence-electron chi connectivity index (χ4n) is 13.2. The molecule has 5 aliphatic carbocycles. The van der Waals surface area contributed by atoms with Crippen molar-refractivity contribution >= 4 is 11.9 Å². The van der Waals surface area contributed by atoms with Gasteiger partial charge in [0.2, 0.25) is 0 Å². The number of benzene rings is 1. The van der Waals surface area contributed by atoms with E-state index in [1.54, 1.807) is 17.7 Å². The number of allylic oxidation sites excluding steroid dienone is 2. The number of hydrogen-bond donors (Lipinski definition) is 1. The number of esters is 1. The van der Waals surface area contributed by atoms with E-state index in [1.807, 2.05) is 4.90 Å².